The molecule has 0 spiro atoms. The Morgan fingerprint density at radius 2 is 2.09 bits per heavy atom. The molecule has 1 aliphatic heterocycles. The van der Waals surface area contributed by atoms with E-state index in [1.54, 1.807) is 6.92 Å². The predicted molar refractivity (Wildman–Crippen MR) is 70.9 cm³/mol. The molecule has 1 atom stereocenters. The van der Waals surface area contributed by atoms with Crippen molar-refractivity contribution in [3.05, 3.63) is 29.3 Å². The zero-order valence-electron chi connectivity index (χ0n) is 12.3. The molecule has 2 fully saturated rings. The minimum Gasteiger partial charge on any atom is -0.423 e. The average molecular weight is 324 g/mol. The van der Waals surface area contributed by atoms with Crippen molar-refractivity contribution in [3.63, 3.8) is 0 Å². The van der Waals surface area contributed by atoms with Gasteiger partial charge in [-0.1, -0.05) is 5.16 Å². The molecule has 9 heteroatoms. The lowest BCUT2D eigenvalue weighted by Crippen LogP contribution is -2.32. The number of rotatable bonds is 3. The van der Waals surface area contributed by atoms with Crippen molar-refractivity contribution in [2.24, 2.45) is 0 Å². The van der Waals surface area contributed by atoms with Crippen LogP contribution in [0.5, 0.6) is 0 Å². The van der Waals surface area contributed by atoms with Crippen molar-refractivity contribution >= 4 is 5.91 Å². The number of hydrogen-bond acceptors (Lipinski definition) is 6. The molecule has 1 amide bonds. The summed E-state index contributed by atoms with van der Waals surface area (Å²) in [5, 5.41) is 11.4. The van der Waals surface area contributed by atoms with E-state index in [0.29, 0.717) is 11.6 Å². The van der Waals surface area contributed by atoms with E-state index in [-0.39, 0.29) is 17.6 Å². The van der Waals surface area contributed by atoms with Crippen LogP contribution in [0.25, 0.3) is 0 Å². The molecule has 4 rings (SSSR count). The fourth-order valence-corrected chi connectivity index (χ4v) is 2.73. The van der Waals surface area contributed by atoms with Gasteiger partial charge in [0.15, 0.2) is 0 Å². The van der Waals surface area contributed by atoms with Crippen LogP contribution in [0.15, 0.2) is 15.0 Å². The van der Waals surface area contributed by atoms with E-state index in [1.807, 2.05) is 0 Å². The minimum atomic E-state index is -3.01. The van der Waals surface area contributed by atoms with Gasteiger partial charge in [-0.25, -0.2) is 8.78 Å². The molecule has 0 unspecified atom stereocenters. The molecular formula is C14H14F2N4O3. The second-order valence-corrected chi connectivity index (χ2v) is 6.09. The number of nitrogens with zero attached hydrogens (tertiary/aromatic N) is 4. The van der Waals surface area contributed by atoms with Gasteiger partial charge in [0, 0.05) is 18.4 Å². The standard InChI is InChI=1S/C14H14F2N4O3/c1-7-4-10(23-19-7)13(21)20-6-14(15,16)5-9(20)12-18-17-11(22-12)8-2-3-8/h4,8-9H,2-3,5-6H2,1H3/t9-/m0/s1. The minimum absolute atomic E-state index is 0.0497. The lowest BCUT2D eigenvalue weighted by molar-refractivity contribution is 0.0112. The van der Waals surface area contributed by atoms with Crippen molar-refractivity contribution in [2.45, 2.75) is 44.1 Å². The number of alkyl halides is 2. The lowest BCUT2D eigenvalue weighted by Gasteiger charge is -2.19. The normalized spacial score (nSPS) is 23.4. The zero-order chi connectivity index (χ0) is 16.2. The third-order valence-corrected chi connectivity index (χ3v) is 4.04. The van der Waals surface area contributed by atoms with Crippen LogP contribution >= 0.6 is 0 Å². The summed E-state index contributed by atoms with van der Waals surface area (Å²) >= 11 is 0. The number of aromatic nitrogens is 3. The summed E-state index contributed by atoms with van der Waals surface area (Å²) < 4.78 is 38.1. The van der Waals surface area contributed by atoms with Gasteiger partial charge in [-0.05, 0) is 19.8 Å². The summed E-state index contributed by atoms with van der Waals surface area (Å²) in [4.78, 5) is 13.5. The Kier molecular flexibility index (Phi) is 3.00. The van der Waals surface area contributed by atoms with E-state index in [1.165, 1.54) is 6.07 Å². The first-order chi connectivity index (χ1) is 10.9. The predicted octanol–water partition coefficient (Wildman–Crippen LogP) is 2.47. The maximum absolute atomic E-state index is 13.9. The van der Waals surface area contributed by atoms with Crippen molar-refractivity contribution in [2.75, 3.05) is 6.54 Å². The highest BCUT2D eigenvalue weighted by Gasteiger charge is 2.50. The van der Waals surface area contributed by atoms with E-state index in [4.69, 9.17) is 8.94 Å². The molecule has 0 radical (unpaired) electrons. The fraction of sp³-hybridized carbons (Fsp3) is 0.571. The highest BCUT2D eigenvalue weighted by Crippen LogP contribution is 2.44. The van der Waals surface area contributed by atoms with Crippen LogP contribution in [-0.2, 0) is 0 Å². The Bertz CT molecular complexity index is 753. The number of carbonyl (C=O) groups excluding carboxylic acids is 1. The zero-order valence-corrected chi connectivity index (χ0v) is 12.3. The van der Waals surface area contributed by atoms with Crippen LogP contribution in [0.2, 0.25) is 0 Å². The molecule has 2 aromatic rings. The second kappa shape index (κ2) is 4.84. The van der Waals surface area contributed by atoms with Crippen LogP contribution in [-0.4, -0.2) is 38.6 Å². The smallest absolute Gasteiger partial charge is 0.293 e. The first-order valence-corrected chi connectivity index (χ1v) is 7.38. The van der Waals surface area contributed by atoms with Crippen molar-refractivity contribution in [1.82, 2.24) is 20.3 Å². The van der Waals surface area contributed by atoms with E-state index in [9.17, 15) is 13.6 Å². The van der Waals surface area contributed by atoms with Gasteiger partial charge in [0.2, 0.25) is 17.5 Å². The van der Waals surface area contributed by atoms with Crippen LogP contribution in [0.1, 0.15) is 59.3 Å². The van der Waals surface area contributed by atoms with Crippen LogP contribution in [0.4, 0.5) is 8.78 Å². The molecule has 23 heavy (non-hydrogen) atoms. The molecule has 1 saturated heterocycles. The Hall–Kier alpha value is -2.32. The molecule has 3 heterocycles. The number of carbonyl (C=O) groups is 1. The Balaban J connectivity index is 1.63. The summed E-state index contributed by atoms with van der Waals surface area (Å²) in [7, 11) is 0. The summed E-state index contributed by atoms with van der Waals surface area (Å²) in [6, 6.07) is 0.460. The van der Waals surface area contributed by atoms with Gasteiger partial charge in [0.25, 0.3) is 11.8 Å². The Labute approximate surface area is 129 Å². The van der Waals surface area contributed by atoms with Crippen molar-refractivity contribution in [3.8, 4) is 0 Å². The molecule has 7 nitrogen and oxygen atoms in total. The first kappa shape index (κ1) is 14.3. The number of amides is 1. The third kappa shape index (κ3) is 2.60. The number of halogens is 2. The molecule has 0 aromatic carbocycles. The summed E-state index contributed by atoms with van der Waals surface area (Å²) in [5.74, 6) is -3.01. The monoisotopic (exact) mass is 324 g/mol. The largest absolute Gasteiger partial charge is 0.423 e. The Morgan fingerprint density at radius 3 is 2.74 bits per heavy atom. The summed E-state index contributed by atoms with van der Waals surface area (Å²) in [6.07, 6.45) is 1.38. The molecule has 0 N–H and O–H groups in total. The first-order valence-electron chi connectivity index (χ1n) is 7.38. The van der Waals surface area contributed by atoms with Gasteiger partial charge in [0.1, 0.15) is 6.04 Å². The van der Waals surface area contributed by atoms with Crippen LogP contribution < -0.4 is 0 Å². The van der Waals surface area contributed by atoms with Gasteiger partial charge < -0.3 is 13.8 Å². The van der Waals surface area contributed by atoms with Crippen molar-refractivity contribution in [1.29, 1.82) is 0 Å². The SMILES string of the molecule is Cc1cc(C(=O)N2CC(F)(F)C[C@H]2c2nnc(C3CC3)o2)on1. The van der Waals surface area contributed by atoms with Gasteiger partial charge in [-0.15, -0.1) is 10.2 Å². The topological polar surface area (TPSA) is 85.3 Å². The van der Waals surface area contributed by atoms with Gasteiger partial charge >= 0.3 is 0 Å². The van der Waals surface area contributed by atoms with Crippen molar-refractivity contribution < 1.29 is 22.5 Å². The molecule has 1 saturated carbocycles. The van der Waals surface area contributed by atoms with E-state index >= 15 is 0 Å². The number of hydrogen-bond donors (Lipinski definition) is 0. The maximum Gasteiger partial charge on any atom is 0.293 e. The van der Waals surface area contributed by atoms with Gasteiger partial charge in [0.05, 0.1) is 12.2 Å². The summed E-state index contributed by atoms with van der Waals surface area (Å²) in [6.45, 7) is 0.938. The molecule has 122 valence electrons. The van der Waals surface area contributed by atoms with Crippen LogP contribution in [0.3, 0.4) is 0 Å². The van der Waals surface area contributed by atoms with Gasteiger partial charge in [-0.2, -0.15) is 0 Å². The maximum atomic E-state index is 13.9. The fourth-order valence-electron chi connectivity index (χ4n) is 2.73. The Morgan fingerprint density at radius 1 is 1.35 bits per heavy atom. The molecule has 1 aliphatic carbocycles. The quantitative estimate of drug-likeness (QED) is 0.862. The number of likely N-dealkylation sites (tertiary alicyclic amines) is 1. The molecule has 2 aromatic heterocycles. The van der Waals surface area contributed by atoms with E-state index in [0.717, 1.165) is 17.7 Å². The van der Waals surface area contributed by atoms with Crippen LogP contribution in [0, 0.1) is 6.92 Å². The molecule has 0 bridgehead atoms. The van der Waals surface area contributed by atoms with E-state index in [2.05, 4.69) is 15.4 Å². The molecule has 2 aliphatic rings. The highest BCUT2D eigenvalue weighted by atomic mass is 19.3. The highest BCUT2D eigenvalue weighted by molar-refractivity contribution is 5.92. The summed E-state index contributed by atoms with van der Waals surface area (Å²) in [5.41, 5.74) is 0.504. The average Bonchev–Trinajstić information content (AvgIpc) is 2.94. The lowest BCUT2D eigenvalue weighted by atomic mass is 10.2. The van der Waals surface area contributed by atoms with E-state index < -0.39 is 30.8 Å². The number of aryl methyl sites for hydroxylation is 1. The van der Waals surface area contributed by atoms with Gasteiger partial charge in [-0.3, -0.25) is 4.79 Å². The second-order valence-electron chi connectivity index (χ2n) is 6.09. The molecular weight excluding hydrogens is 310 g/mol. The third-order valence-electron chi connectivity index (χ3n) is 4.04.